The number of ether oxygens (including phenoxy) is 2. The van der Waals surface area contributed by atoms with Crippen molar-refractivity contribution in [3.63, 3.8) is 0 Å². The third kappa shape index (κ3) is 5.35. The summed E-state index contributed by atoms with van der Waals surface area (Å²) in [5.74, 6) is -0.877. The average Bonchev–Trinajstić information content (AvgIpc) is 2.37. The Morgan fingerprint density at radius 1 is 1.45 bits per heavy atom. The number of benzene rings is 1. The highest BCUT2D eigenvalue weighted by molar-refractivity contribution is 5.77. The van der Waals surface area contributed by atoms with Crippen molar-refractivity contribution in [1.82, 2.24) is 5.32 Å². The van der Waals surface area contributed by atoms with Gasteiger partial charge in [-0.2, -0.15) is 8.78 Å². The lowest BCUT2D eigenvalue weighted by atomic mass is 10.2. The van der Waals surface area contributed by atoms with E-state index in [1.807, 2.05) is 0 Å². The van der Waals surface area contributed by atoms with Crippen LogP contribution >= 0.6 is 0 Å². The van der Waals surface area contributed by atoms with E-state index in [2.05, 4.69) is 15.0 Å². The number of nitrogens with one attached hydrogen (secondary N) is 1. The van der Waals surface area contributed by atoms with Crippen LogP contribution in [-0.4, -0.2) is 32.8 Å². The van der Waals surface area contributed by atoms with Gasteiger partial charge in [0.15, 0.2) is 5.96 Å². The van der Waals surface area contributed by atoms with Gasteiger partial charge in [0, 0.05) is 13.7 Å². The molecule has 0 aliphatic rings. The first-order valence-corrected chi connectivity index (χ1v) is 5.79. The summed E-state index contributed by atoms with van der Waals surface area (Å²) in [6, 6.07) is 3.66. The highest BCUT2D eigenvalue weighted by Crippen LogP contribution is 2.24. The molecule has 0 saturated carbocycles. The van der Waals surface area contributed by atoms with Crippen molar-refractivity contribution < 1.29 is 22.6 Å². The fourth-order valence-electron chi connectivity index (χ4n) is 1.40. The van der Waals surface area contributed by atoms with Crippen LogP contribution in [0.25, 0.3) is 0 Å². The molecule has 0 aliphatic heterocycles. The van der Waals surface area contributed by atoms with Gasteiger partial charge in [0.1, 0.15) is 11.6 Å². The van der Waals surface area contributed by atoms with E-state index in [1.54, 1.807) is 0 Å². The summed E-state index contributed by atoms with van der Waals surface area (Å²) in [5, 5.41) is 2.72. The third-order valence-electron chi connectivity index (χ3n) is 2.31. The second-order valence-corrected chi connectivity index (χ2v) is 3.72. The minimum Gasteiger partial charge on any atom is -0.434 e. The van der Waals surface area contributed by atoms with Gasteiger partial charge in [-0.05, 0) is 12.1 Å². The monoisotopic (exact) mass is 291 g/mol. The summed E-state index contributed by atoms with van der Waals surface area (Å²) in [6.07, 6.45) is 0. The molecule has 1 aromatic rings. The lowest BCUT2D eigenvalue weighted by Gasteiger charge is -2.10. The van der Waals surface area contributed by atoms with Crippen LogP contribution in [0.15, 0.2) is 23.2 Å². The zero-order chi connectivity index (χ0) is 15.0. The Hall–Kier alpha value is -1.96. The standard InChI is InChI=1S/C12H16F3N3O2/c1-19-6-5-17-12(16)18-7-8-9(13)3-2-4-10(8)20-11(14)15/h2-4,11H,5-7H2,1H3,(H3,16,17,18). The number of aliphatic imine (C=N–C) groups is 1. The number of methoxy groups -OCH3 is 1. The van der Waals surface area contributed by atoms with E-state index in [0.29, 0.717) is 13.2 Å². The predicted octanol–water partition coefficient (Wildman–Crippen LogP) is 1.48. The minimum atomic E-state index is -3.03. The van der Waals surface area contributed by atoms with E-state index in [4.69, 9.17) is 10.5 Å². The van der Waals surface area contributed by atoms with Crippen molar-refractivity contribution >= 4 is 5.96 Å². The minimum absolute atomic E-state index is 0.0632. The van der Waals surface area contributed by atoms with Gasteiger partial charge in [-0.1, -0.05) is 6.07 Å². The molecule has 0 saturated heterocycles. The molecule has 20 heavy (non-hydrogen) atoms. The molecule has 0 spiro atoms. The van der Waals surface area contributed by atoms with Gasteiger partial charge in [-0.25, -0.2) is 9.38 Å². The fourth-order valence-corrected chi connectivity index (χ4v) is 1.40. The third-order valence-corrected chi connectivity index (χ3v) is 2.31. The van der Waals surface area contributed by atoms with Crippen molar-refractivity contribution in [3.8, 4) is 5.75 Å². The average molecular weight is 291 g/mol. The first-order valence-electron chi connectivity index (χ1n) is 5.79. The summed E-state index contributed by atoms with van der Waals surface area (Å²) in [7, 11) is 1.53. The number of hydrogen-bond acceptors (Lipinski definition) is 3. The van der Waals surface area contributed by atoms with E-state index in [-0.39, 0.29) is 23.8 Å². The van der Waals surface area contributed by atoms with E-state index >= 15 is 0 Å². The van der Waals surface area contributed by atoms with Crippen LogP contribution in [0.4, 0.5) is 13.2 Å². The maximum atomic E-state index is 13.6. The maximum absolute atomic E-state index is 13.6. The summed E-state index contributed by atoms with van der Waals surface area (Å²) in [5.41, 5.74) is 5.46. The predicted molar refractivity (Wildman–Crippen MR) is 68.2 cm³/mol. The number of nitrogens with two attached hydrogens (primary N) is 1. The Balaban J connectivity index is 2.73. The largest absolute Gasteiger partial charge is 0.434 e. The number of alkyl halides is 2. The molecule has 1 rings (SSSR count). The Kier molecular flexibility index (Phi) is 6.65. The molecule has 112 valence electrons. The molecule has 1 aromatic carbocycles. The smallest absolute Gasteiger partial charge is 0.387 e. The zero-order valence-electron chi connectivity index (χ0n) is 10.9. The summed E-state index contributed by atoms with van der Waals surface area (Å²) >= 11 is 0. The van der Waals surface area contributed by atoms with Gasteiger partial charge in [-0.15, -0.1) is 0 Å². The van der Waals surface area contributed by atoms with E-state index in [1.165, 1.54) is 19.2 Å². The van der Waals surface area contributed by atoms with Crippen LogP contribution in [0.3, 0.4) is 0 Å². The number of guanidine groups is 1. The van der Waals surface area contributed by atoms with Gasteiger partial charge >= 0.3 is 6.61 Å². The molecule has 0 fully saturated rings. The lowest BCUT2D eigenvalue weighted by Crippen LogP contribution is -2.34. The van der Waals surface area contributed by atoms with Crippen LogP contribution in [0, 0.1) is 5.82 Å². The first kappa shape index (κ1) is 16.1. The van der Waals surface area contributed by atoms with Crippen LogP contribution in [0.1, 0.15) is 5.56 Å². The molecule has 5 nitrogen and oxygen atoms in total. The first-order chi connectivity index (χ1) is 9.54. The van der Waals surface area contributed by atoms with Crippen LogP contribution in [0.2, 0.25) is 0 Å². The molecule has 0 heterocycles. The molecule has 0 radical (unpaired) electrons. The Labute approximate surface area is 114 Å². The molecule has 3 N–H and O–H groups in total. The summed E-state index contributed by atoms with van der Waals surface area (Å²) in [6.45, 7) is -2.38. The quantitative estimate of drug-likeness (QED) is 0.453. The molecule has 0 atom stereocenters. The van der Waals surface area contributed by atoms with Crippen molar-refractivity contribution in [3.05, 3.63) is 29.6 Å². The van der Waals surface area contributed by atoms with E-state index in [0.717, 1.165) is 6.07 Å². The van der Waals surface area contributed by atoms with Gasteiger partial charge < -0.3 is 20.5 Å². The SMILES string of the molecule is COCCNC(N)=NCc1c(F)cccc1OC(F)F. The van der Waals surface area contributed by atoms with Gasteiger partial charge in [-0.3, -0.25) is 0 Å². The van der Waals surface area contributed by atoms with Crippen LogP contribution < -0.4 is 15.8 Å². The summed E-state index contributed by atoms with van der Waals surface area (Å²) in [4.78, 5) is 3.86. The molecule has 8 heteroatoms. The number of hydrogen-bond donors (Lipinski definition) is 2. The van der Waals surface area contributed by atoms with Gasteiger partial charge in [0.05, 0.1) is 18.7 Å². The van der Waals surface area contributed by atoms with Crippen LogP contribution in [-0.2, 0) is 11.3 Å². The van der Waals surface area contributed by atoms with Gasteiger partial charge in [0.2, 0.25) is 0 Å². The molecule has 0 aliphatic carbocycles. The van der Waals surface area contributed by atoms with Crippen molar-refractivity contribution in [1.29, 1.82) is 0 Å². The van der Waals surface area contributed by atoms with E-state index < -0.39 is 12.4 Å². The molecular weight excluding hydrogens is 275 g/mol. The normalized spacial score (nSPS) is 11.8. The lowest BCUT2D eigenvalue weighted by molar-refractivity contribution is -0.0506. The highest BCUT2D eigenvalue weighted by Gasteiger charge is 2.13. The molecular formula is C12H16F3N3O2. The number of nitrogens with zero attached hydrogens (tertiary/aromatic N) is 1. The Morgan fingerprint density at radius 2 is 2.20 bits per heavy atom. The molecule has 0 aromatic heterocycles. The highest BCUT2D eigenvalue weighted by atomic mass is 19.3. The maximum Gasteiger partial charge on any atom is 0.387 e. The number of halogens is 3. The summed E-state index contributed by atoms with van der Waals surface area (Å²) < 4.78 is 47.0. The molecule has 0 amide bonds. The second-order valence-electron chi connectivity index (χ2n) is 3.72. The molecule has 0 bridgehead atoms. The fraction of sp³-hybridized carbons (Fsp3) is 0.417. The Bertz CT molecular complexity index is 456. The van der Waals surface area contributed by atoms with Gasteiger partial charge in [0.25, 0.3) is 0 Å². The topological polar surface area (TPSA) is 68.9 Å². The van der Waals surface area contributed by atoms with Crippen molar-refractivity contribution in [2.24, 2.45) is 10.7 Å². The Morgan fingerprint density at radius 3 is 2.85 bits per heavy atom. The van der Waals surface area contributed by atoms with Crippen LogP contribution in [0.5, 0.6) is 5.75 Å². The number of rotatable bonds is 7. The van der Waals surface area contributed by atoms with Crippen molar-refractivity contribution in [2.75, 3.05) is 20.3 Å². The zero-order valence-corrected chi connectivity index (χ0v) is 10.9. The van der Waals surface area contributed by atoms with Crippen molar-refractivity contribution in [2.45, 2.75) is 13.2 Å². The molecule has 0 unspecified atom stereocenters. The van der Waals surface area contributed by atoms with E-state index in [9.17, 15) is 13.2 Å². The second kappa shape index (κ2) is 8.26.